The number of hydrogen-bond acceptors (Lipinski definition) is 3. The standard InChI is InChI=1S/C22H20ClNO2S/c1-15-3-4-16(2)21(13-15)27-20-11-7-18(8-12-20)24-22(25)14-26-19-9-5-17(23)6-10-19/h3-13H,14H2,1-2H3,(H,24,25). The zero-order valence-corrected chi connectivity index (χ0v) is 16.7. The molecule has 5 heteroatoms. The molecule has 0 atom stereocenters. The molecule has 0 radical (unpaired) electrons. The Labute approximate surface area is 168 Å². The summed E-state index contributed by atoms with van der Waals surface area (Å²) >= 11 is 7.54. The van der Waals surface area contributed by atoms with E-state index in [9.17, 15) is 4.79 Å². The molecule has 1 N–H and O–H groups in total. The molecule has 0 fully saturated rings. The van der Waals surface area contributed by atoms with Gasteiger partial charge in [0.05, 0.1) is 0 Å². The van der Waals surface area contributed by atoms with Crippen molar-refractivity contribution in [1.29, 1.82) is 0 Å². The van der Waals surface area contributed by atoms with E-state index in [1.165, 1.54) is 16.0 Å². The van der Waals surface area contributed by atoms with Crippen molar-refractivity contribution in [3.63, 3.8) is 0 Å². The van der Waals surface area contributed by atoms with Crippen LogP contribution in [0.15, 0.2) is 76.5 Å². The number of amides is 1. The first kappa shape index (κ1) is 19.3. The van der Waals surface area contributed by atoms with Crippen molar-refractivity contribution in [1.82, 2.24) is 0 Å². The number of anilines is 1. The Morgan fingerprint density at radius 2 is 1.70 bits per heavy atom. The maximum absolute atomic E-state index is 12.0. The van der Waals surface area contributed by atoms with E-state index in [1.54, 1.807) is 36.0 Å². The molecular weight excluding hydrogens is 378 g/mol. The lowest BCUT2D eigenvalue weighted by atomic mass is 10.2. The van der Waals surface area contributed by atoms with E-state index in [1.807, 2.05) is 24.3 Å². The second-order valence-corrected chi connectivity index (χ2v) is 7.74. The maximum atomic E-state index is 12.0. The molecule has 3 rings (SSSR count). The Hall–Kier alpha value is -2.43. The van der Waals surface area contributed by atoms with Crippen LogP contribution in [0.2, 0.25) is 5.02 Å². The zero-order valence-electron chi connectivity index (χ0n) is 15.2. The summed E-state index contributed by atoms with van der Waals surface area (Å²) in [4.78, 5) is 14.4. The first-order chi connectivity index (χ1) is 13.0. The molecule has 0 saturated heterocycles. The van der Waals surface area contributed by atoms with Crippen molar-refractivity contribution >= 4 is 35.0 Å². The van der Waals surface area contributed by atoms with Gasteiger partial charge in [-0.25, -0.2) is 0 Å². The van der Waals surface area contributed by atoms with E-state index < -0.39 is 0 Å². The fourth-order valence-electron chi connectivity index (χ4n) is 2.43. The highest BCUT2D eigenvalue weighted by Gasteiger charge is 2.06. The predicted octanol–water partition coefficient (Wildman–Crippen LogP) is 6.13. The Morgan fingerprint density at radius 1 is 1.00 bits per heavy atom. The monoisotopic (exact) mass is 397 g/mol. The second-order valence-electron chi connectivity index (χ2n) is 6.19. The third-order valence-electron chi connectivity index (χ3n) is 3.89. The molecule has 0 heterocycles. The molecule has 0 unspecified atom stereocenters. The van der Waals surface area contributed by atoms with Crippen molar-refractivity contribution in [3.05, 3.63) is 82.9 Å². The van der Waals surface area contributed by atoms with Crippen LogP contribution in [-0.4, -0.2) is 12.5 Å². The van der Waals surface area contributed by atoms with Gasteiger partial charge in [0.1, 0.15) is 5.75 Å². The second kappa shape index (κ2) is 8.98. The number of rotatable bonds is 6. The highest BCUT2D eigenvalue weighted by molar-refractivity contribution is 7.99. The number of benzene rings is 3. The fourth-order valence-corrected chi connectivity index (χ4v) is 3.55. The van der Waals surface area contributed by atoms with Gasteiger partial charge in [0.15, 0.2) is 6.61 Å². The largest absolute Gasteiger partial charge is 0.484 e. The van der Waals surface area contributed by atoms with Crippen LogP contribution in [0.5, 0.6) is 5.75 Å². The third-order valence-corrected chi connectivity index (χ3v) is 5.31. The molecule has 27 heavy (non-hydrogen) atoms. The molecule has 0 aliphatic carbocycles. The molecule has 0 spiro atoms. The predicted molar refractivity (Wildman–Crippen MR) is 112 cm³/mol. The van der Waals surface area contributed by atoms with Crippen LogP contribution in [0.1, 0.15) is 11.1 Å². The van der Waals surface area contributed by atoms with Crippen molar-refractivity contribution in [2.24, 2.45) is 0 Å². The van der Waals surface area contributed by atoms with Crippen molar-refractivity contribution in [2.75, 3.05) is 11.9 Å². The van der Waals surface area contributed by atoms with Gasteiger partial charge in [-0.1, -0.05) is 35.5 Å². The van der Waals surface area contributed by atoms with Gasteiger partial charge in [0, 0.05) is 20.5 Å². The van der Waals surface area contributed by atoms with Crippen LogP contribution in [0.3, 0.4) is 0 Å². The average molecular weight is 398 g/mol. The molecule has 138 valence electrons. The summed E-state index contributed by atoms with van der Waals surface area (Å²) in [5, 5.41) is 3.47. The van der Waals surface area contributed by atoms with E-state index in [0.29, 0.717) is 10.8 Å². The highest BCUT2D eigenvalue weighted by Crippen LogP contribution is 2.31. The van der Waals surface area contributed by atoms with E-state index >= 15 is 0 Å². The van der Waals surface area contributed by atoms with Crippen LogP contribution in [0.25, 0.3) is 0 Å². The summed E-state index contributed by atoms with van der Waals surface area (Å²) in [5.74, 6) is 0.398. The first-order valence-corrected chi connectivity index (χ1v) is 9.72. The number of aryl methyl sites for hydroxylation is 2. The summed E-state index contributed by atoms with van der Waals surface area (Å²) in [6, 6.07) is 21.1. The van der Waals surface area contributed by atoms with Gasteiger partial charge in [-0.15, -0.1) is 0 Å². The number of carbonyl (C=O) groups is 1. The summed E-state index contributed by atoms with van der Waals surface area (Å²) in [5.41, 5.74) is 3.24. The lowest BCUT2D eigenvalue weighted by molar-refractivity contribution is -0.118. The number of carbonyl (C=O) groups excluding carboxylic acids is 1. The maximum Gasteiger partial charge on any atom is 0.262 e. The Balaban J connectivity index is 1.54. The topological polar surface area (TPSA) is 38.3 Å². The lowest BCUT2D eigenvalue weighted by Gasteiger charge is -2.09. The molecule has 0 aliphatic heterocycles. The van der Waals surface area contributed by atoms with Crippen molar-refractivity contribution < 1.29 is 9.53 Å². The highest BCUT2D eigenvalue weighted by atomic mass is 35.5. The van der Waals surface area contributed by atoms with Gasteiger partial charge >= 0.3 is 0 Å². The average Bonchev–Trinajstić information content (AvgIpc) is 2.66. The third kappa shape index (κ3) is 5.78. The van der Waals surface area contributed by atoms with E-state index in [0.717, 1.165) is 10.6 Å². The van der Waals surface area contributed by atoms with Crippen LogP contribution < -0.4 is 10.1 Å². The molecular formula is C22H20ClNO2S. The number of halogens is 1. The summed E-state index contributed by atoms with van der Waals surface area (Å²) < 4.78 is 5.45. The fraction of sp³-hybridized carbons (Fsp3) is 0.136. The zero-order chi connectivity index (χ0) is 19.2. The summed E-state index contributed by atoms with van der Waals surface area (Å²) in [6.07, 6.45) is 0. The smallest absolute Gasteiger partial charge is 0.262 e. The minimum Gasteiger partial charge on any atom is -0.484 e. The summed E-state index contributed by atoms with van der Waals surface area (Å²) in [6.45, 7) is 4.14. The van der Waals surface area contributed by atoms with Gasteiger partial charge in [-0.3, -0.25) is 4.79 Å². The lowest BCUT2D eigenvalue weighted by Crippen LogP contribution is -2.20. The number of ether oxygens (including phenoxy) is 1. The van der Waals surface area contributed by atoms with Crippen LogP contribution in [0, 0.1) is 13.8 Å². The number of nitrogens with one attached hydrogen (secondary N) is 1. The van der Waals surface area contributed by atoms with E-state index in [4.69, 9.17) is 16.3 Å². The summed E-state index contributed by atoms with van der Waals surface area (Å²) in [7, 11) is 0. The molecule has 0 aromatic heterocycles. The quantitative estimate of drug-likeness (QED) is 0.544. The first-order valence-electron chi connectivity index (χ1n) is 8.53. The minimum atomic E-state index is -0.208. The van der Waals surface area contributed by atoms with Gasteiger partial charge < -0.3 is 10.1 Å². The van der Waals surface area contributed by atoms with Crippen molar-refractivity contribution in [2.45, 2.75) is 23.6 Å². The van der Waals surface area contributed by atoms with Gasteiger partial charge in [0.2, 0.25) is 0 Å². The van der Waals surface area contributed by atoms with Gasteiger partial charge in [0.25, 0.3) is 5.91 Å². The molecule has 0 saturated carbocycles. The Kier molecular flexibility index (Phi) is 6.43. The van der Waals surface area contributed by atoms with Crippen molar-refractivity contribution in [3.8, 4) is 5.75 Å². The normalized spacial score (nSPS) is 10.5. The van der Waals surface area contributed by atoms with Crippen LogP contribution >= 0.6 is 23.4 Å². The van der Waals surface area contributed by atoms with E-state index in [-0.39, 0.29) is 12.5 Å². The molecule has 1 amide bonds. The molecule has 3 nitrogen and oxygen atoms in total. The Bertz CT molecular complexity index is 924. The molecule has 0 bridgehead atoms. The van der Waals surface area contributed by atoms with Crippen LogP contribution in [-0.2, 0) is 4.79 Å². The van der Waals surface area contributed by atoms with Gasteiger partial charge in [-0.2, -0.15) is 0 Å². The minimum absolute atomic E-state index is 0.0549. The molecule has 3 aromatic rings. The SMILES string of the molecule is Cc1ccc(C)c(Sc2ccc(NC(=O)COc3ccc(Cl)cc3)cc2)c1. The van der Waals surface area contributed by atoms with E-state index in [2.05, 4.69) is 37.4 Å². The van der Waals surface area contributed by atoms with Crippen LogP contribution in [0.4, 0.5) is 5.69 Å². The Morgan fingerprint density at radius 3 is 2.41 bits per heavy atom. The molecule has 3 aromatic carbocycles. The number of hydrogen-bond donors (Lipinski definition) is 1. The molecule has 0 aliphatic rings. The van der Waals surface area contributed by atoms with Gasteiger partial charge in [-0.05, 0) is 79.6 Å².